The van der Waals surface area contributed by atoms with Gasteiger partial charge in [0, 0.05) is 43.5 Å². The molecule has 56 heavy (non-hydrogen) atoms. The number of amides is 3. The van der Waals surface area contributed by atoms with E-state index in [0.29, 0.717) is 54.7 Å². The second kappa shape index (κ2) is 15.9. The summed E-state index contributed by atoms with van der Waals surface area (Å²) in [6.07, 6.45) is 5.08. The third-order valence-corrected chi connectivity index (χ3v) is 11.9. The molecule has 2 saturated heterocycles. The number of carbonyl (C=O) groups excluding carboxylic acids is 3. The molecule has 3 heterocycles. The van der Waals surface area contributed by atoms with Crippen LogP contribution >= 0.6 is 0 Å². The van der Waals surface area contributed by atoms with E-state index >= 15 is 4.39 Å². The van der Waals surface area contributed by atoms with Gasteiger partial charge in [-0.25, -0.2) is 8.78 Å². The number of carbonyl (C=O) groups is 3. The van der Waals surface area contributed by atoms with Crippen molar-refractivity contribution in [2.45, 2.75) is 62.8 Å². The fraction of sp³-hybridized carbons (Fsp3) is 0.356. The number of halogens is 2. The average molecular weight is 761 g/mol. The molecular formula is C45H46F2N4O5. The van der Waals surface area contributed by atoms with E-state index in [1.165, 1.54) is 18.2 Å². The van der Waals surface area contributed by atoms with Gasteiger partial charge < -0.3 is 20.1 Å². The molecule has 0 saturated carbocycles. The molecule has 2 fully saturated rings. The van der Waals surface area contributed by atoms with Gasteiger partial charge in [0.15, 0.2) is 11.6 Å². The van der Waals surface area contributed by atoms with Crippen molar-refractivity contribution >= 4 is 23.4 Å². The number of hydrogen-bond donors (Lipinski definition) is 2. The highest BCUT2D eigenvalue weighted by atomic mass is 19.1. The van der Waals surface area contributed by atoms with Crippen LogP contribution in [0.5, 0.6) is 11.5 Å². The largest absolute Gasteiger partial charge is 0.505 e. The lowest BCUT2D eigenvalue weighted by atomic mass is 9.69. The smallest absolute Gasteiger partial charge is 0.262 e. The summed E-state index contributed by atoms with van der Waals surface area (Å²) in [5.41, 5.74) is 5.61. The van der Waals surface area contributed by atoms with E-state index in [1.807, 2.05) is 48.5 Å². The number of phenols is 1. The molecule has 0 spiro atoms. The number of rotatable bonds is 11. The molecule has 4 aromatic carbocycles. The van der Waals surface area contributed by atoms with Crippen LogP contribution in [0, 0.1) is 11.6 Å². The van der Waals surface area contributed by atoms with Crippen molar-refractivity contribution in [1.82, 2.24) is 15.1 Å². The fourth-order valence-corrected chi connectivity index (χ4v) is 8.87. The molecule has 0 radical (unpaired) electrons. The number of unbranched alkanes of at least 4 members (excludes halogenated alkanes) is 2. The Kier molecular flexibility index (Phi) is 10.6. The van der Waals surface area contributed by atoms with Gasteiger partial charge in [-0.05, 0) is 128 Å². The molecule has 4 aromatic rings. The van der Waals surface area contributed by atoms with E-state index in [-0.39, 0.29) is 29.3 Å². The van der Waals surface area contributed by atoms with Gasteiger partial charge in [0.25, 0.3) is 11.8 Å². The summed E-state index contributed by atoms with van der Waals surface area (Å²) >= 11 is 0. The van der Waals surface area contributed by atoms with Gasteiger partial charge in [-0.1, -0.05) is 36.9 Å². The van der Waals surface area contributed by atoms with Crippen LogP contribution in [0.1, 0.15) is 93.3 Å². The molecule has 9 nitrogen and oxygen atoms in total. The number of benzene rings is 4. The SMILES string of the molecule is C=C1CCC(N2C(=O)c3ccc(N4CCN(CCCCCOc5ccc([C@@H]6c7ccc(O)c(F)c7CC[C@@H]6c6ccc(F)cc6)cc5)CC4)cc3C2=O)C(=O)N1. The number of piperazine rings is 1. The van der Waals surface area contributed by atoms with Crippen molar-refractivity contribution in [3.8, 4) is 11.5 Å². The van der Waals surface area contributed by atoms with Crippen molar-refractivity contribution in [3.63, 3.8) is 0 Å². The van der Waals surface area contributed by atoms with Gasteiger partial charge in [-0.15, -0.1) is 0 Å². The van der Waals surface area contributed by atoms with E-state index in [9.17, 15) is 23.9 Å². The van der Waals surface area contributed by atoms with E-state index in [0.717, 1.165) is 85.0 Å². The Morgan fingerprint density at radius 2 is 1.52 bits per heavy atom. The number of allylic oxidation sites excluding steroid dienone is 1. The molecule has 1 aliphatic carbocycles. The number of nitrogens with zero attached hydrogens (tertiary/aromatic N) is 3. The number of aromatic hydroxyl groups is 1. The third kappa shape index (κ3) is 7.40. The molecule has 0 bridgehead atoms. The minimum absolute atomic E-state index is 0.0322. The zero-order chi connectivity index (χ0) is 38.9. The summed E-state index contributed by atoms with van der Waals surface area (Å²) in [6.45, 7) is 8.79. The Labute approximate surface area is 325 Å². The number of fused-ring (bicyclic) bond motifs is 2. The van der Waals surface area contributed by atoms with Crippen LogP contribution in [-0.4, -0.2) is 78.0 Å². The number of ether oxygens (including phenoxy) is 1. The summed E-state index contributed by atoms with van der Waals surface area (Å²) < 4.78 is 34.9. The first-order chi connectivity index (χ1) is 27.2. The standard InChI is InChI=1S/C45H46F2N4O5/c1-28-5-19-39(43(53)48-28)51-44(54)37-15-12-32(27-38(37)45(51)55)50-24-22-49(23-25-50)21-3-2-4-26-56-33-13-8-30(9-14-33)41-34(29-6-10-31(46)11-7-29)16-17-36-35(41)18-20-40(52)42(36)47/h6-15,18,20,27,34,39,41,52H,1-5,16-17,19,21-26H2,(H,48,53)/t34-,39?,41+/m1/s1. The summed E-state index contributed by atoms with van der Waals surface area (Å²) in [4.78, 5) is 44.8. The first kappa shape index (κ1) is 37.4. The lowest BCUT2D eigenvalue weighted by molar-refractivity contribution is -0.125. The van der Waals surface area contributed by atoms with Gasteiger partial charge in [-0.3, -0.25) is 24.2 Å². The van der Waals surface area contributed by atoms with Gasteiger partial charge in [0.2, 0.25) is 5.91 Å². The van der Waals surface area contributed by atoms with E-state index in [4.69, 9.17) is 4.74 Å². The van der Waals surface area contributed by atoms with Gasteiger partial charge in [0.1, 0.15) is 17.6 Å². The molecule has 290 valence electrons. The monoisotopic (exact) mass is 760 g/mol. The second-order valence-corrected chi connectivity index (χ2v) is 15.3. The summed E-state index contributed by atoms with van der Waals surface area (Å²) in [6, 6.07) is 22.3. The lowest BCUT2D eigenvalue weighted by Gasteiger charge is -2.36. The Bertz CT molecular complexity index is 2150. The zero-order valence-corrected chi connectivity index (χ0v) is 31.3. The summed E-state index contributed by atoms with van der Waals surface area (Å²) in [5, 5.41) is 12.7. The van der Waals surface area contributed by atoms with Crippen LogP contribution in [0.2, 0.25) is 0 Å². The fourth-order valence-electron chi connectivity index (χ4n) is 8.87. The molecule has 2 N–H and O–H groups in total. The predicted molar refractivity (Wildman–Crippen MR) is 209 cm³/mol. The molecule has 3 aliphatic heterocycles. The van der Waals surface area contributed by atoms with Crippen LogP contribution in [0.3, 0.4) is 0 Å². The van der Waals surface area contributed by atoms with E-state index in [2.05, 4.69) is 21.7 Å². The highest BCUT2D eigenvalue weighted by Crippen LogP contribution is 2.48. The molecule has 0 aromatic heterocycles. The minimum atomic E-state index is -0.820. The molecule has 4 aliphatic rings. The Morgan fingerprint density at radius 1 is 0.786 bits per heavy atom. The number of anilines is 1. The minimum Gasteiger partial charge on any atom is -0.505 e. The van der Waals surface area contributed by atoms with E-state index < -0.39 is 23.7 Å². The Hall–Kier alpha value is -5.55. The molecule has 3 atom stereocenters. The normalized spacial score (nSPS) is 21.2. The topological polar surface area (TPSA) is 102 Å². The second-order valence-electron chi connectivity index (χ2n) is 15.3. The number of hydrogen-bond acceptors (Lipinski definition) is 7. The highest BCUT2D eigenvalue weighted by Gasteiger charge is 2.44. The Balaban J connectivity index is 0.794. The lowest BCUT2D eigenvalue weighted by Crippen LogP contribution is -2.51. The molecular weight excluding hydrogens is 715 g/mol. The first-order valence-corrected chi connectivity index (χ1v) is 19.6. The van der Waals surface area contributed by atoms with Crippen LogP contribution in [0.15, 0.2) is 91.1 Å². The van der Waals surface area contributed by atoms with Gasteiger partial charge >= 0.3 is 0 Å². The number of nitrogens with one attached hydrogen (secondary N) is 1. The number of imide groups is 1. The molecule has 1 unspecified atom stereocenters. The number of phenolic OH excluding ortho intramolecular Hbond substituents is 1. The van der Waals surface area contributed by atoms with Crippen molar-refractivity contribution in [1.29, 1.82) is 0 Å². The van der Waals surface area contributed by atoms with Gasteiger partial charge in [0.05, 0.1) is 17.7 Å². The zero-order valence-electron chi connectivity index (χ0n) is 31.3. The molecule has 11 heteroatoms. The van der Waals surface area contributed by atoms with Crippen molar-refractivity contribution in [2.75, 3.05) is 44.2 Å². The van der Waals surface area contributed by atoms with Crippen LogP contribution in [-0.2, 0) is 11.2 Å². The highest BCUT2D eigenvalue weighted by molar-refractivity contribution is 6.23. The van der Waals surface area contributed by atoms with Gasteiger partial charge in [-0.2, -0.15) is 0 Å². The summed E-state index contributed by atoms with van der Waals surface area (Å²) in [5.74, 6) is -1.74. The van der Waals surface area contributed by atoms with Crippen molar-refractivity contribution in [3.05, 3.63) is 136 Å². The molecule has 8 rings (SSSR count). The number of piperidine rings is 1. The maximum atomic E-state index is 15.0. The Morgan fingerprint density at radius 3 is 2.27 bits per heavy atom. The van der Waals surface area contributed by atoms with Crippen LogP contribution < -0.4 is 15.0 Å². The molecule has 3 amide bonds. The predicted octanol–water partition coefficient (Wildman–Crippen LogP) is 7.29. The van der Waals surface area contributed by atoms with Crippen molar-refractivity contribution < 1.29 is 33.0 Å². The quantitative estimate of drug-likeness (QED) is 0.122. The first-order valence-electron chi connectivity index (χ1n) is 19.6. The van der Waals surface area contributed by atoms with E-state index in [1.54, 1.807) is 12.1 Å². The van der Waals surface area contributed by atoms with Crippen molar-refractivity contribution in [2.24, 2.45) is 0 Å². The maximum absolute atomic E-state index is 15.0. The maximum Gasteiger partial charge on any atom is 0.262 e. The average Bonchev–Trinajstić information content (AvgIpc) is 3.46. The van der Waals surface area contributed by atoms with Crippen LogP contribution in [0.25, 0.3) is 0 Å². The third-order valence-electron chi connectivity index (χ3n) is 11.9. The van der Waals surface area contributed by atoms with Crippen LogP contribution in [0.4, 0.5) is 14.5 Å². The summed E-state index contributed by atoms with van der Waals surface area (Å²) in [7, 11) is 0.